The second kappa shape index (κ2) is 6.63. The van der Waals surface area contributed by atoms with Gasteiger partial charge in [-0.3, -0.25) is 9.52 Å². The van der Waals surface area contributed by atoms with Crippen molar-refractivity contribution in [1.29, 1.82) is 0 Å². The first-order valence-electron chi connectivity index (χ1n) is 7.24. The first-order valence-corrected chi connectivity index (χ1v) is 9.48. The second-order valence-electron chi connectivity index (χ2n) is 5.48. The molecule has 1 aliphatic rings. The summed E-state index contributed by atoms with van der Waals surface area (Å²) in [6.07, 6.45) is 1.89. The van der Waals surface area contributed by atoms with E-state index in [2.05, 4.69) is 10.0 Å². The van der Waals surface area contributed by atoms with E-state index in [1.807, 2.05) is 0 Å². The molecule has 1 aliphatic carbocycles. The summed E-state index contributed by atoms with van der Waals surface area (Å²) >= 11 is 12.0. The van der Waals surface area contributed by atoms with Crippen LogP contribution in [0.3, 0.4) is 0 Å². The molecule has 0 spiro atoms. The van der Waals surface area contributed by atoms with Gasteiger partial charge in [0.25, 0.3) is 15.9 Å². The minimum atomic E-state index is -3.98. The summed E-state index contributed by atoms with van der Waals surface area (Å²) in [6, 6.07) is 10.8. The Labute approximate surface area is 150 Å². The molecule has 1 saturated carbocycles. The van der Waals surface area contributed by atoms with Crippen molar-refractivity contribution in [2.45, 2.75) is 23.8 Å². The largest absolute Gasteiger partial charge is 0.349 e. The van der Waals surface area contributed by atoms with Gasteiger partial charge in [-0.25, -0.2) is 8.42 Å². The third kappa shape index (κ3) is 3.83. The average molecular weight is 385 g/mol. The molecule has 5 nitrogen and oxygen atoms in total. The Bertz CT molecular complexity index is 896. The fourth-order valence-corrected chi connectivity index (χ4v) is 3.94. The summed E-state index contributed by atoms with van der Waals surface area (Å²) in [4.78, 5) is 11.9. The molecule has 0 aliphatic heterocycles. The minimum absolute atomic E-state index is 0.0255. The maximum Gasteiger partial charge on any atom is 0.263 e. The van der Waals surface area contributed by atoms with Gasteiger partial charge in [0.05, 0.1) is 15.7 Å². The highest BCUT2D eigenvalue weighted by atomic mass is 35.5. The van der Waals surface area contributed by atoms with Gasteiger partial charge in [-0.1, -0.05) is 35.3 Å². The van der Waals surface area contributed by atoms with E-state index in [4.69, 9.17) is 23.2 Å². The maximum atomic E-state index is 12.6. The Hall–Kier alpha value is -1.76. The lowest BCUT2D eigenvalue weighted by Gasteiger charge is -2.12. The van der Waals surface area contributed by atoms with E-state index >= 15 is 0 Å². The Balaban J connectivity index is 1.91. The highest BCUT2D eigenvalue weighted by Gasteiger charge is 2.25. The number of halogens is 2. The molecule has 8 heteroatoms. The van der Waals surface area contributed by atoms with Gasteiger partial charge in [-0.05, 0) is 43.2 Å². The summed E-state index contributed by atoms with van der Waals surface area (Å²) in [6.45, 7) is 0. The third-order valence-corrected chi connectivity index (χ3v) is 5.69. The van der Waals surface area contributed by atoms with Crippen LogP contribution >= 0.6 is 23.2 Å². The van der Waals surface area contributed by atoms with Crippen LogP contribution in [0.25, 0.3) is 0 Å². The van der Waals surface area contributed by atoms with Crippen LogP contribution < -0.4 is 10.0 Å². The number of anilines is 1. The molecule has 2 aromatic carbocycles. The number of para-hydroxylation sites is 1. The molecule has 3 rings (SSSR count). The molecular formula is C16H14Cl2N2O3S. The standard InChI is InChI=1S/C16H14Cl2N2O3S/c17-12-3-1-2-4-14(12)20-24(22,23)15-9-10(5-8-13(15)18)16(21)19-11-6-7-11/h1-5,8-9,11,20H,6-7H2,(H,19,21). The quantitative estimate of drug-likeness (QED) is 0.825. The van der Waals surface area contributed by atoms with Crippen LogP contribution in [0.4, 0.5) is 5.69 Å². The normalized spacial score (nSPS) is 14.2. The zero-order valence-corrected chi connectivity index (χ0v) is 14.8. The smallest absolute Gasteiger partial charge is 0.263 e. The third-order valence-electron chi connectivity index (χ3n) is 3.51. The fraction of sp³-hybridized carbons (Fsp3) is 0.188. The van der Waals surface area contributed by atoms with Crippen molar-refractivity contribution in [2.75, 3.05) is 4.72 Å². The number of rotatable bonds is 5. The molecule has 0 bridgehead atoms. The van der Waals surface area contributed by atoms with Crippen LogP contribution in [0.1, 0.15) is 23.2 Å². The summed E-state index contributed by atoms with van der Waals surface area (Å²) in [5, 5.41) is 3.10. The van der Waals surface area contributed by atoms with Crippen LogP contribution in [-0.4, -0.2) is 20.4 Å². The number of hydrogen-bond acceptors (Lipinski definition) is 3. The van der Waals surface area contributed by atoms with Gasteiger partial charge in [0.1, 0.15) is 4.90 Å². The van der Waals surface area contributed by atoms with E-state index in [0.29, 0.717) is 0 Å². The van der Waals surface area contributed by atoms with Crippen LogP contribution in [0.5, 0.6) is 0 Å². The molecule has 1 amide bonds. The number of benzene rings is 2. The Kier molecular flexibility index (Phi) is 4.71. The van der Waals surface area contributed by atoms with Gasteiger partial charge in [0, 0.05) is 11.6 Å². The van der Waals surface area contributed by atoms with Crippen molar-refractivity contribution in [1.82, 2.24) is 5.32 Å². The molecule has 2 N–H and O–H groups in total. The number of hydrogen-bond donors (Lipinski definition) is 2. The first kappa shape index (κ1) is 17.1. The number of nitrogens with one attached hydrogen (secondary N) is 2. The van der Waals surface area contributed by atoms with Crippen molar-refractivity contribution in [3.8, 4) is 0 Å². The first-order chi connectivity index (χ1) is 11.4. The van der Waals surface area contributed by atoms with Crippen molar-refractivity contribution in [3.63, 3.8) is 0 Å². The number of sulfonamides is 1. The van der Waals surface area contributed by atoms with E-state index in [1.54, 1.807) is 18.2 Å². The highest BCUT2D eigenvalue weighted by Crippen LogP contribution is 2.28. The average Bonchev–Trinajstić information content (AvgIpc) is 3.33. The number of carbonyl (C=O) groups is 1. The lowest BCUT2D eigenvalue weighted by molar-refractivity contribution is 0.0951. The molecule has 0 unspecified atom stereocenters. The monoisotopic (exact) mass is 384 g/mol. The maximum absolute atomic E-state index is 12.6. The van der Waals surface area contributed by atoms with Crippen LogP contribution in [-0.2, 0) is 10.0 Å². The molecule has 0 saturated heterocycles. The van der Waals surface area contributed by atoms with Crippen LogP contribution in [0.2, 0.25) is 10.0 Å². The molecule has 0 atom stereocenters. The Morgan fingerprint density at radius 1 is 1.04 bits per heavy atom. The van der Waals surface area contributed by atoms with Gasteiger partial charge in [0.2, 0.25) is 0 Å². The van der Waals surface area contributed by atoms with Gasteiger partial charge in [-0.15, -0.1) is 0 Å². The summed E-state index contributed by atoms with van der Waals surface area (Å²) < 4.78 is 27.6. The molecule has 2 aromatic rings. The van der Waals surface area contributed by atoms with Gasteiger partial charge < -0.3 is 5.32 Å². The van der Waals surface area contributed by atoms with E-state index in [9.17, 15) is 13.2 Å². The van der Waals surface area contributed by atoms with Crippen molar-refractivity contribution >= 4 is 44.8 Å². The summed E-state index contributed by atoms with van der Waals surface area (Å²) in [7, 11) is -3.98. The summed E-state index contributed by atoms with van der Waals surface area (Å²) in [5.74, 6) is -0.316. The zero-order chi connectivity index (χ0) is 17.3. The molecule has 24 heavy (non-hydrogen) atoms. The predicted molar refractivity (Wildman–Crippen MR) is 94.2 cm³/mol. The van der Waals surface area contributed by atoms with Crippen LogP contribution in [0, 0.1) is 0 Å². The fourth-order valence-electron chi connectivity index (χ4n) is 2.09. The van der Waals surface area contributed by atoms with E-state index in [0.717, 1.165) is 12.8 Å². The number of amides is 1. The van der Waals surface area contributed by atoms with E-state index < -0.39 is 10.0 Å². The second-order valence-corrected chi connectivity index (χ2v) is 7.94. The lowest BCUT2D eigenvalue weighted by Crippen LogP contribution is -2.25. The van der Waals surface area contributed by atoms with Crippen molar-refractivity contribution in [2.24, 2.45) is 0 Å². The summed E-state index contributed by atoms with van der Waals surface area (Å²) in [5.41, 5.74) is 0.480. The Morgan fingerprint density at radius 2 is 1.75 bits per heavy atom. The van der Waals surface area contributed by atoms with Gasteiger partial charge in [0.15, 0.2) is 0 Å². The molecule has 1 fully saturated rings. The topological polar surface area (TPSA) is 75.3 Å². The predicted octanol–water partition coefficient (Wildman–Crippen LogP) is 3.69. The van der Waals surface area contributed by atoms with Gasteiger partial charge in [-0.2, -0.15) is 0 Å². The Morgan fingerprint density at radius 3 is 2.42 bits per heavy atom. The van der Waals surface area contributed by atoms with Crippen LogP contribution in [0.15, 0.2) is 47.4 Å². The number of carbonyl (C=O) groups excluding carboxylic acids is 1. The molecule has 0 heterocycles. The zero-order valence-electron chi connectivity index (χ0n) is 12.4. The van der Waals surface area contributed by atoms with E-state index in [-0.39, 0.29) is 38.1 Å². The molecular weight excluding hydrogens is 371 g/mol. The molecule has 0 aromatic heterocycles. The van der Waals surface area contributed by atoms with Crippen molar-refractivity contribution < 1.29 is 13.2 Å². The molecule has 0 radical (unpaired) electrons. The van der Waals surface area contributed by atoms with Gasteiger partial charge >= 0.3 is 0 Å². The van der Waals surface area contributed by atoms with Crippen molar-refractivity contribution in [3.05, 3.63) is 58.1 Å². The lowest BCUT2D eigenvalue weighted by atomic mass is 10.2. The molecule has 126 valence electrons. The van der Waals surface area contributed by atoms with E-state index in [1.165, 1.54) is 24.3 Å². The highest BCUT2D eigenvalue weighted by molar-refractivity contribution is 7.92. The SMILES string of the molecule is O=C(NC1CC1)c1ccc(Cl)c(S(=O)(=O)Nc2ccccc2Cl)c1. The minimum Gasteiger partial charge on any atom is -0.349 e.